The number of nitrogens with zero attached hydrogens (tertiary/aromatic N) is 1. The maximum atomic E-state index is 12.4. The van der Waals surface area contributed by atoms with E-state index in [2.05, 4.69) is 11.9 Å². The molecule has 4 nitrogen and oxygen atoms in total. The number of fused-ring (bicyclic) bond motifs is 2. The predicted molar refractivity (Wildman–Crippen MR) is 86.3 cm³/mol. The van der Waals surface area contributed by atoms with Gasteiger partial charge in [-0.3, -0.25) is 9.79 Å². The molecular weight excluding hydrogens is 284 g/mol. The zero-order chi connectivity index (χ0) is 15.0. The maximum absolute atomic E-state index is 12.4. The van der Waals surface area contributed by atoms with Crippen molar-refractivity contribution in [3.05, 3.63) is 12.2 Å². The van der Waals surface area contributed by atoms with E-state index >= 15 is 0 Å². The van der Waals surface area contributed by atoms with Crippen LogP contribution in [-0.4, -0.2) is 33.6 Å². The summed E-state index contributed by atoms with van der Waals surface area (Å²) in [7, 11) is 0. The minimum Gasteiger partial charge on any atom is -0.396 e. The highest BCUT2D eigenvalue weighted by atomic mass is 32.2. The Morgan fingerprint density at radius 3 is 2.90 bits per heavy atom. The zero-order valence-corrected chi connectivity index (χ0v) is 13.4. The van der Waals surface area contributed by atoms with Crippen LogP contribution < -0.4 is 5.32 Å². The SMILES string of the molecule is C=C(C)CC1(CCO)SC(=N[C@H]2C[C@@H]3CC[C@H]2C3)NC1=O. The number of amidine groups is 1. The Kier molecular flexibility index (Phi) is 4.14. The number of allylic oxidation sites excluding steroid dienone is 1. The number of aliphatic hydroxyl groups is 1. The minimum absolute atomic E-state index is 0.00904. The Bertz CT molecular complexity index is 491. The number of aliphatic hydroxyl groups excluding tert-OH is 1. The summed E-state index contributed by atoms with van der Waals surface area (Å²) in [6.45, 7) is 5.86. The third kappa shape index (κ3) is 2.90. The maximum Gasteiger partial charge on any atom is 0.243 e. The van der Waals surface area contributed by atoms with Gasteiger partial charge in [0.15, 0.2) is 5.17 Å². The van der Waals surface area contributed by atoms with Gasteiger partial charge in [-0.1, -0.05) is 23.8 Å². The predicted octanol–water partition coefficient (Wildman–Crippen LogP) is 2.48. The van der Waals surface area contributed by atoms with Crippen molar-refractivity contribution in [2.45, 2.75) is 56.2 Å². The van der Waals surface area contributed by atoms with E-state index in [0.717, 1.165) is 16.7 Å². The molecule has 0 spiro atoms. The Hall–Kier alpha value is -0.810. The third-order valence-electron chi connectivity index (χ3n) is 5.01. The molecule has 2 N–H and O–H groups in total. The first kappa shape index (κ1) is 15.1. The number of nitrogens with one attached hydrogen (secondary N) is 1. The lowest BCUT2D eigenvalue weighted by Crippen LogP contribution is -2.37. The van der Waals surface area contributed by atoms with E-state index in [1.807, 2.05) is 6.92 Å². The van der Waals surface area contributed by atoms with E-state index in [1.165, 1.54) is 37.4 Å². The Morgan fingerprint density at radius 1 is 1.52 bits per heavy atom. The molecule has 0 radical (unpaired) electrons. The molecule has 1 unspecified atom stereocenters. The van der Waals surface area contributed by atoms with E-state index in [1.54, 1.807) is 0 Å². The molecule has 1 amide bonds. The van der Waals surface area contributed by atoms with Crippen molar-refractivity contribution in [1.29, 1.82) is 0 Å². The van der Waals surface area contributed by atoms with Crippen LogP contribution in [0, 0.1) is 11.8 Å². The quantitative estimate of drug-likeness (QED) is 0.767. The van der Waals surface area contributed by atoms with Crippen molar-refractivity contribution in [1.82, 2.24) is 5.32 Å². The summed E-state index contributed by atoms with van der Waals surface area (Å²) in [4.78, 5) is 17.2. The van der Waals surface area contributed by atoms with E-state index in [4.69, 9.17) is 4.99 Å². The number of amides is 1. The fourth-order valence-electron chi connectivity index (χ4n) is 4.08. The Balaban J connectivity index is 1.74. The molecular formula is C16H24N2O2S. The summed E-state index contributed by atoms with van der Waals surface area (Å²) < 4.78 is -0.614. The molecule has 5 heteroatoms. The molecule has 4 atom stereocenters. The molecule has 2 bridgehead atoms. The average Bonchev–Trinajstić information content (AvgIpc) is 3.06. The molecule has 2 aliphatic carbocycles. The highest BCUT2D eigenvalue weighted by Gasteiger charge is 2.47. The van der Waals surface area contributed by atoms with Crippen LogP contribution in [0.4, 0.5) is 0 Å². The lowest BCUT2D eigenvalue weighted by molar-refractivity contribution is -0.122. The topological polar surface area (TPSA) is 61.7 Å². The highest BCUT2D eigenvalue weighted by molar-refractivity contribution is 8.16. The molecule has 2 saturated carbocycles. The summed E-state index contributed by atoms with van der Waals surface area (Å²) in [5, 5.41) is 13.0. The number of hydrogen-bond donors (Lipinski definition) is 2. The fraction of sp³-hybridized carbons (Fsp3) is 0.750. The summed E-state index contributed by atoms with van der Waals surface area (Å²) in [5.41, 5.74) is 0.965. The third-order valence-corrected chi connectivity index (χ3v) is 6.34. The standard InChI is InChI=1S/C16H24N2O2S/c1-10(2)9-16(5-6-19)14(20)18-15(21-16)17-13-8-11-3-4-12(13)7-11/h11-13,19H,1,3-9H2,2H3,(H,17,18,20)/t11-,12+,13+,16?/m1/s1. The fourth-order valence-corrected chi connectivity index (χ4v) is 5.44. The molecule has 0 aromatic rings. The molecule has 1 saturated heterocycles. The number of hydrogen-bond acceptors (Lipinski definition) is 4. The monoisotopic (exact) mass is 308 g/mol. The molecule has 1 heterocycles. The molecule has 116 valence electrons. The van der Waals surface area contributed by atoms with Crippen molar-refractivity contribution >= 4 is 22.8 Å². The van der Waals surface area contributed by atoms with Gasteiger partial charge >= 0.3 is 0 Å². The van der Waals surface area contributed by atoms with E-state index in [-0.39, 0.29) is 12.5 Å². The Labute approximate surface area is 130 Å². The van der Waals surface area contributed by atoms with Gasteiger partial charge in [0, 0.05) is 6.61 Å². The smallest absolute Gasteiger partial charge is 0.243 e. The zero-order valence-electron chi connectivity index (χ0n) is 12.6. The van der Waals surface area contributed by atoms with E-state index < -0.39 is 4.75 Å². The van der Waals surface area contributed by atoms with Crippen LogP contribution >= 0.6 is 11.8 Å². The van der Waals surface area contributed by atoms with Gasteiger partial charge in [0.25, 0.3) is 0 Å². The summed E-state index contributed by atoms with van der Waals surface area (Å²) in [5.74, 6) is 1.55. The molecule has 3 aliphatic rings. The number of carbonyl (C=O) groups is 1. The van der Waals surface area contributed by atoms with Gasteiger partial charge in [0.05, 0.1) is 6.04 Å². The minimum atomic E-state index is -0.614. The van der Waals surface area contributed by atoms with Crippen LogP contribution in [0.2, 0.25) is 0 Å². The molecule has 1 aliphatic heterocycles. The van der Waals surface area contributed by atoms with Crippen LogP contribution in [0.15, 0.2) is 17.1 Å². The second-order valence-electron chi connectivity index (χ2n) is 6.83. The van der Waals surface area contributed by atoms with Gasteiger partial charge < -0.3 is 10.4 Å². The highest BCUT2D eigenvalue weighted by Crippen LogP contribution is 2.47. The van der Waals surface area contributed by atoms with Gasteiger partial charge in [0.2, 0.25) is 5.91 Å². The van der Waals surface area contributed by atoms with Crippen molar-refractivity contribution in [2.75, 3.05) is 6.61 Å². The first-order chi connectivity index (χ1) is 10.0. The second-order valence-corrected chi connectivity index (χ2v) is 8.21. The number of thioether (sulfide) groups is 1. The van der Waals surface area contributed by atoms with E-state index in [0.29, 0.717) is 24.8 Å². The molecule has 21 heavy (non-hydrogen) atoms. The lowest BCUT2D eigenvalue weighted by atomic mass is 9.96. The summed E-state index contributed by atoms with van der Waals surface area (Å²) >= 11 is 1.50. The van der Waals surface area contributed by atoms with Gasteiger partial charge in [-0.15, -0.1) is 6.58 Å². The van der Waals surface area contributed by atoms with Crippen molar-refractivity contribution in [3.8, 4) is 0 Å². The van der Waals surface area contributed by atoms with E-state index in [9.17, 15) is 9.90 Å². The molecule has 3 rings (SSSR count). The lowest BCUT2D eigenvalue weighted by Gasteiger charge is -2.23. The molecule has 3 fully saturated rings. The first-order valence-corrected chi connectivity index (χ1v) is 8.67. The van der Waals surface area contributed by atoms with Crippen LogP contribution in [0.5, 0.6) is 0 Å². The number of rotatable bonds is 5. The number of carbonyl (C=O) groups excluding carboxylic acids is 1. The second kappa shape index (κ2) is 5.76. The van der Waals surface area contributed by atoms with Crippen LogP contribution in [0.3, 0.4) is 0 Å². The van der Waals surface area contributed by atoms with Gasteiger partial charge in [0.1, 0.15) is 4.75 Å². The molecule has 0 aromatic carbocycles. The molecule has 0 aromatic heterocycles. The van der Waals surface area contributed by atoms with Crippen LogP contribution in [0.25, 0.3) is 0 Å². The summed E-state index contributed by atoms with van der Waals surface area (Å²) in [6, 6.07) is 0.390. The van der Waals surface area contributed by atoms with Crippen LogP contribution in [0.1, 0.15) is 45.4 Å². The number of aliphatic imine (C=N–C) groups is 1. The Morgan fingerprint density at radius 2 is 2.33 bits per heavy atom. The van der Waals surface area contributed by atoms with Crippen molar-refractivity contribution in [2.24, 2.45) is 16.8 Å². The van der Waals surface area contributed by atoms with Crippen molar-refractivity contribution in [3.63, 3.8) is 0 Å². The van der Waals surface area contributed by atoms with Crippen LogP contribution in [-0.2, 0) is 4.79 Å². The normalized spacial score (nSPS) is 40.0. The van der Waals surface area contributed by atoms with Gasteiger partial charge in [-0.25, -0.2) is 0 Å². The average molecular weight is 308 g/mol. The largest absolute Gasteiger partial charge is 0.396 e. The summed E-state index contributed by atoms with van der Waals surface area (Å²) in [6.07, 6.45) is 6.19. The van der Waals surface area contributed by atoms with Crippen molar-refractivity contribution < 1.29 is 9.90 Å². The van der Waals surface area contributed by atoms with Gasteiger partial charge in [-0.05, 0) is 50.9 Å². The van der Waals surface area contributed by atoms with Gasteiger partial charge in [-0.2, -0.15) is 0 Å². The first-order valence-electron chi connectivity index (χ1n) is 7.86.